The second-order valence-corrected chi connectivity index (χ2v) is 7.25. The summed E-state index contributed by atoms with van der Waals surface area (Å²) in [4.78, 5) is 16.1. The molecule has 3 aliphatic heterocycles. The Morgan fingerprint density at radius 3 is 2.80 bits per heavy atom. The van der Waals surface area contributed by atoms with Crippen LogP contribution in [0.15, 0.2) is 29.3 Å². The van der Waals surface area contributed by atoms with E-state index in [-0.39, 0.29) is 0 Å². The first kappa shape index (κ1) is 14.8. The van der Waals surface area contributed by atoms with Crippen LogP contribution in [0, 0.1) is 6.92 Å². The van der Waals surface area contributed by atoms with E-state index >= 15 is 0 Å². The first-order valence-corrected chi connectivity index (χ1v) is 8.99. The molecule has 25 heavy (non-hydrogen) atoms. The number of hydrogen-bond acceptors (Lipinski definition) is 6. The maximum absolute atomic E-state index is 4.79. The van der Waals surface area contributed by atoms with E-state index in [4.69, 9.17) is 4.98 Å². The third-order valence-electron chi connectivity index (χ3n) is 5.25. The quantitative estimate of drug-likeness (QED) is 0.902. The highest BCUT2D eigenvalue weighted by Gasteiger charge is 2.33. The summed E-state index contributed by atoms with van der Waals surface area (Å²) in [6, 6.07) is 9.52. The number of fused-ring (bicyclic) bond motifs is 3. The van der Waals surface area contributed by atoms with E-state index in [1.807, 2.05) is 19.2 Å². The van der Waals surface area contributed by atoms with Crippen LogP contribution < -0.4 is 15.5 Å². The molecule has 3 aliphatic rings. The summed E-state index contributed by atoms with van der Waals surface area (Å²) in [6.45, 7) is 4.81. The van der Waals surface area contributed by atoms with Crippen LogP contribution in [0.2, 0.25) is 0 Å². The second kappa shape index (κ2) is 5.81. The minimum Gasteiger partial charge on any atom is -0.340 e. The largest absolute Gasteiger partial charge is 0.340 e. The van der Waals surface area contributed by atoms with Gasteiger partial charge in [-0.15, -0.1) is 0 Å². The van der Waals surface area contributed by atoms with Crippen molar-refractivity contribution in [3.05, 3.63) is 41.1 Å². The Hall–Kier alpha value is -2.47. The van der Waals surface area contributed by atoms with Crippen LogP contribution in [0.4, 0.5) is 17.5 Å². The molecule has 1 aromatic heterocycles. The number of nitrogens with zero attached hydrogens (tertiary/aromatic N) is 4. The van der Waals surface area contributed by atoms with Gasteiger partial charge in [0.25, 0.3) is 0 Å². The Morgan fingerprint density at radius 1 is 1.12 bits per heavy atom. The van der Waals surface area contributed by atoms with Gasteiger partial charge in [-0.3, -0.25) is 4.99 Å². The number of nitrogens with one attached hydrogen (secondary N) is 2. The molecule has 0 saturated carbocycles. The topological polar surface area (TPSA) is 65.4 Å². The van der Waals surface area contributed by atoms with E-state index in [1.54, 1.807) is 0 Å². The zero-order chi connectivity index (χ0) is 16.8. The van der Waals surface area contributed by atoms with Crippen LogP contribution >= 0.6 is 0 Å². The summed E-state index contributed by atoms with van der Waals surface area (Å²) in [7, 11) is 0. The maximum atomic E-state index is 4.79. The van der Waals surface area contributed by atoms with Crippen molar-refractivity contribution >= 4 is 23.7 Å². The molecule has 2 unspecified atom stereocenters. The predicted octanol–water partition coefficient (Wildman–Crippen LogP) is 2.40. The van der Waals surface area contributed by atoms with E-state index in [1.165, 1.54) is 24.0 Å². The van der Waals surface area contributed by atoms with Crippen molar-refractivity contribution < 1.29 is 0 Å². The Labute approximate surface area is 147 Å². The highest BCUT2D eigenvalue weighted by Crippen LogP contribution is 2.26. The smallest absolute Gasteiger partial charge is 0.227 e. The predicted molar refractivity (Wildman–Crippen MR) is 100.0 cm³/mol. The Balaban J connectivity index is 1.40. The summed E-state index contributed by atoms with van der Waals surface area (Å²) >= 11 is 0. The van der Waals surface area contributed by atoms with Gasteiger partial charge < -0.3 is 15.5 Å². The number of anilines is 3. The molecule has 2 N–H and O–H groups in total. The van der Waals surface area contributed by atoms with Gasteiger partial charge in [-0.25, -0.2) is 4.98 Å². The lowest BCUT2D eigenvalue weighted by Gasteiger charge is -2.33. The Bertz CT molecular complexity index is 834. The second-order valence-electron chi connectivity index (χ2n) is 7.25. The average molecular weight is 334 g/mol. The van der Waals surface area contributed by atoms with Gasteiger partial charge in [0, 0.05) is 48.8 Å². The lowest BCUT2D eigenvalue weighted by Crippen LogP contribution is -2.51. The molecule has 4 heterocycles. The molecule has 2 fully saturated rings. The fraction of sp³-hybridized carbons (Fsp3) is 0.421. The summed E-state index contributed by atoms with van der Waals surface area (Å²) in [5, 5.41) is 7.09. The molecule has 0 spiro atoms. The zero-order valence-electron chi connectivity index (χ0n) is 14.4. The molecule has 0 amide bonds. The number of piperazine rings is 1. The third-order valence-corrected chi connectivity index (χ3v) is 5.25. The standard InChI is InChI=1S/C19H22N6/c1-12-6-18(23-15-3-2-13-8-20-9-14(13)7-15)24-19(21-12)25-10-16-4-5-17(11-25)22-16/h2-3,6-7,9,16-17,22H,4-5,8,10-11H2,1H3,(H,21,23,24). The molecule has 0 radical (unpaired) electrons. The zero-order valence-corrected chi connectivity index (χ0v) is 14.4. The van der Waals surface area contributed by atoms with Crippen LogP contribution in [0.3, 0.4) is 0 Å². The van der Waals surface area contributed by atoms with E-state index in [0.717, 1.165) is 42.8 Å². The molecular weight excluding hydrogens is 312 g/mol. The minimum absolute atomic E-state index is 0.579. The van der Waals surface area contributed by atoms with Crippen LogP contribution in [-0.4, -0.2) is 41.4 Å². The molecule has 6 heteroatoms. The molecule has 2 aromatic rings. The molecule has 128 valence electrons. The molecule has 5 rings (SSSR count). The van der Waals surface area contributed by atoms with Gasteiger partial charge >= 0.3 is 0 Å². The normalized spacial score (nSPS) is 23.8. The monoisotopic (exact) mass is 334 g/mol. The van der Waals surface area contributed by atoms with Crippen molar-refractivity contribution in [1.82, 2.24) is 15.3 Å². The van der Waals surface area contributed by atoms with Crippen LogP contribution in [-0.2, 0) is 6.54 Å². The summed E-state index contributed by atoms with van der Waals surface area (Å²) < 4.78 is 0. The van der Waals surface area contributed by atoms with Gasteiger partial charge in [0.1, 0.15) is 5.82 Å². The van der Waals surface area contributed by atoms with Crippen LogP contribution in [0.5, 0.6) is 0 Å². The molecular formula is C19H22N6. The van der Waals surface area contributed by atoms with Crippen LogP contribution in [0.1, 0.15) is 29.7 Å². The van der Waals surface area contributed by atoms with Gasteiger partial charge in [0.15, 0.2) is 0 Å². The summed E-state index contributed by atoms with van der Waals surface area (Å²) in [5.74, 6) is 1.69. The molecule has 0 aliphatic carbocycles. The van der Waals surface area contributed by atoms with E-state index in [9.17, 15) is 0 Å². The summed E-state index contributed by atoms with van der Waals surface area (Å²) in [5.41, 5.74) is 4.49. The van der Waals surface area contributed by atoms with Gasteiger partial charge in [-0.2, -0.15) is 4.98 Å². The van der Waals surface area contributed by atoms with Crippen molar-refractivity contribution in [2.45, 2.75) is 38.4 Å². The van der Waals surface area contributed by atoms with E-state index in [2.05, 4.69) is 43.7 Å². The Kier molecular flexibility index (Phi) is 3.45. The fourth-order valence-corrected chi connectivity index (χ4v) is 4.05. The average Bonchev–Trinajstić information content (AvgIpc) is 3.19. The Morgan fingerprint density at radius 2 is 1.96 bits per heavy atom. The molecule has 1 aromatic carbocycles. The number of aliphatic imine (C=N–C) groups is 1. The van der Waals surface area contributed by atoms with Crippen LogP contribution in [0.25, 0.3) is 0 Å². The first-order chi connectivity index (χ1) is 12.2. The van der Waals surface area contributed by atoms with E-state index < -0.39 is 0 Å². The van der Waals surface area contributed by atoms with E-state index in [0.29, 0.717) is 12.1 Å². The number of hydrogen-bond donors (Lipinski definition) is 2. The molecule has 2 atom stereocenters. The number of aromatic nitrogens is 2. The highest BCUT2D eigenvalue weighted by atomic mass is 15.3. The van der Waals surface area contributed by atoms with Crippen molar-refractivity contribution in [2.75, 3.05) is 23.3 Å². The van der Waals surface area contributed by atoms with Gasteiger partial charge in [0.2, 0.25) is 5.95 Å². The first-order valence-electron chi connectivity index (χ1n) is 8.99. The van der Waals surface area contributed by atoms with Crippen molar-refractivity contribution in [2.24, 2.45) is 4.99 Å². The minimum atomic E-state index is 0.579. The highest BCUT2D eigenvalue weighted by molar-refractivity contribution is 5.86. The lowest BCUT2D eigenvalue weighted by molar-refractivity contribution is 0.460. The van der Waals surface area contributed by atoms with Crippen molar-refractivity contribution in [1.29, 1.82) is 0 Å². The fourth-order valence-electron chi connectivity index (χ4n) is 4.05. The number of aryl methyl sites for hydroxylation is 1. The molecule has 2 saturated heterocycles. The van der Waals surface area contributed by atoms with Gasteiger partial charge in [-0.05, 0) is 43.0 Å². The number of benzene rings is 1. The lowest BCUT2D eigenvalue weighted by atomic mass is 10.1. The van der Waals surface area contributed by atoms with Crippen molar-refractivity contribution in [3.63, 3.8) is 0 Å². The van der Waals surface area contributed by atoms with Gasteiger partial charge in [0.05, 0.1) is 6.54 Å². The maximum Gasteiger partial charge on any atom is 0.227 e. The number of rotatable bonds is 3. The molecule has 2 bridgehead atoms. The SMILES string of the molecule is Cc1cc(Nc2ccc3c(c2)C=NC3)nc(N2CC3CCC(C2)N3)n1. The van der Waals surface area contributed by atoms with Gasteiger partial charge in [-0.1, -0.05) is 6.07 Å². The third kappa shape index (κ3) is 2.87. The summed E-state index contributed by atoms with van der Waals surface area (Å²) in [6.07, 6.45) is 4.46. The van der Waals surface area contributed by atoms with Crippen molar-refractivity contribution in [3.8, 4) is 0 Å². The molecule has 6 nitrogen and oxygen atoms in total.